The first-order valence-corrected chi connectivity index (χ1v) is 8.83. The van der Waals surface area contributed by atoms with Gasteiger partial charge in [-0.15, -0.1) is 0 Å². The van der Waals surface area contributed by atoms with Crippen LogP contribution in [0.2, 0.25) is 0 Å². The van der Waals surface area contributed by atoms with Crippen LogP contribution in [0.4, 0.5) is 4.79 Å². The summed E-state index contributed by atoms with van der Waals surface area (Å²) in [5.74, 6) is 0.832. The molecule has 3 aromatic rings. The predicted octanol–water partition coefficient (Wildman–Crippen LogP) is 4.93. The topological polar surface area (TPSA) is 38.3 Å². The van der Waals surface area contributed by atoms with Crippen LogP contribution >= 0.6 is 12.6 Å². The third-order valence-corrected chi connectivity index (χ3v) is 4.40. The molecule has 1 amide bonds. The first-order chi connectivity index (χ1) is 11.8. The summed E-state index contributed by atoms with van der Waals surface area (Å²) in [6.45, 7) is 0.885. The van der Waals surface area contributed by atoms with Gasteiger partial charge >= 0.3 is 6.09 Å². The van der Waals surface area contributed by atoms with Crippen LogP contribution in [0, 0.1) is 0 Å². The molecule has 0 fully saturated rings. The lowest BCUT2D eigenvalue weighted by Crippen LogP contribution is -2.25. The van der Waals surface area contributed by atoms with E-state index in [9.17, 15) is 4.79 Å². The monoisotopic (exact) mass is 339 g/mol. The molecule has 3 nitrogen and oxygen atoms in total. The zero-order chi connectivity index (χ0) is 16.8. The fraction of sp³-hybridized carbons (Fsp3) is 0.250. The summed E-state index contributed by atoms with van der Waals surface area (Å²) < 4.78 is 5.46. The minimum absolute atomic E-state index is 0.264. The lowest BCUT2D eigenvalue weighted by molar-refractivity contribution is 0.140. The fourth-order valence-corrected chi connectivity index (χ4v) is 3.10. The van der Waals surface area contributed by atoms with Crippen molar-refractivity contribution in [3.8, 4) is 0 Å². The standard InChI is InChI=1S/C20H21NO2S/c22-20(21-11-5-6-12-24)23-14-19-17-9-3-1-7-15(17)13-16-8-2-4-10-18(16)19/h1-4,7-10,13,24H,5-6,11-12,14H2,(H,21,22). The molecule has 0 saturated heterocycles. The van der Waals surface area contributed by atoms with E-state index in [4.69, 9.17) is 4.74 Å². The van der Waals surface area contributed by atoms with E-state index in [-0.39, 0.29) is 12.7 Å². The molecule has 0 spiro atoms. The van der Waals surface area contributed by atoms with Crippen LogP contribution in [0.25, 0.3) is 21.5 Å². The molecule has 3 aromatic carbocycles. The molecule has 4 heteroatoms. The number of nitrogens with one attached hydrogen (secondary N) is 1. The Kier molecular flexibility index (Phi) is 5.59. The summed E-state index contributed by atoms with van der Waals surface area (Å²) in [7, 11) is 0. The quantitative estimate of drug-likeness (QED) is 0.380. The zero-order valence-electron chi connectivity index (χ0n) is 13.5. The van der Waals surface area contributed by atoms with Crippen molar-refractivity contribution in [2.45, 2.75) is 19.4 Å². The van der Waals surface area contributed by atoms with Gasteiger partial charge in [-0.05, 0) is 46.2 Å². The molecule has 0 saturated carbocycles. The number of hydrogen-bond acceptors (Lipinski definition) is 3. The summed E-state index contributed by atoms with van der Waals surface area (Å²) in [5, 5.41) is 7.35. The number of ether oxygens (including phenoxy) is 1. The number of alkyl carbamates (subject to hydrolysis) is 1. The van der Waals surface area contributed by atoms with Crippen molar-refractivity contribution in [2.75, 3.05) is 12.3 Å². The van der Waals surface area contributed by atoms with Gasteiger partial charge in [0, 0.05) is 12.1 Å². The smallest absolute Gasteiger partial charge is 0.407 e. The molecule has 124 valence electrons. The van der Waals surface area contributed by atoms with Crippen molar-refractivity contribution >= 4 is 40.3 Å². The number of carbonyl (C=O) groups excluding carboxylic acids is 1. The molecule has 0 heterocycles. The van der Waals surface area contributed by atoms with E-state index in [1.165, 1.54) is 0 Å². The Labute approximate surface area is 147 Å². The van der Waals surface area contributed by atoms with E-state index >= 15 is 0 Å². The number of thiol groups is 1. The molecular weight excluding hydrogens is 318 g/mol. The molecule has 24 heavy (non-hydrogen) atoms. The van der Waals surface area contributed by atoms with E-state index in [2.05, 4.69) is 48.3 Å². The van der Waals surface area contributed by atoms with Gasteiger partial charge in [0.15, 0.2) is 0 Å². The summed E-state index contributed by atoms with van der Waals surface area (Å²) >= 11 is 4.16. The second-order valence-corrected chi connectivity index (χ2v) is 6.18. The van der Waals surface area contributed by atoms with E-state index in [0.29, 0.717) is 6.54 Å². The van der Waals surface area contributed by atoms with Gasteiger partial charge in [0.1, 0.15) is 6.61 Å². The average Bonchev–Trinajstić information content (AvgIpc) is 2.62. The number of fused-ring (bicyclic) bond motifs is 2. The van der Waals surface area contributed by atoms with Gasteiger partial charge in [-0.1, -0.05) is 48.5 Å². The van der Waals surface area contributed by atoms with Crippen molar-refractivity contribution in [1.29, 1.82) is 0 Å². The second-order valence-electron chi connectivity index (χ2n) is 5.73. The van der Waals surface area contributed by atoms with Crippen molar-refractivity contribution < 1.29 is 9.53 Å². The van der Waals surface area contributed by atoms with Gasteiger partial charge in [0.25, 0.3) is 0 Å². The Morgan fingerprint density at radius 2 is 1.58 bits per heavy atom. The Balaban J connectivity index is 1.80. The van der Waals surface area contributed by atoms with Gasteiger partial charge < -0.3 is 10.1 Å². The number of benzene rings is 3. The lowest BCUT2D eigenvalue weighted by Gasteiger charge is -2.12. The maximum Gasteiger partial charge on any atom is 0.407 e. The Morgan fingerprint density at radius 1 is 0.958 bits per heavy atom. The fourth-order valence-electron chi connectivity index (χ4n) is 2.88. The normalized spacial score (nSPS) is 10.9. The number of unbranched alkanes of at least 4 members (excludes halogenated alkanes) is 1. The van der Waals surface area contributed by atoms with Crippen molar-refractivity contribution in [1.82, 2.24) is 5.32 Å². The summed E-state index contributed by atoms with van der Waals surface area (Å²) in [6, 6.07) is 18.6. The molecule has 0 unspecified atom stereocenters. The van der Waals surface area contributed by atoms with E-state index < -0.39 is 0 Å². The second kappa shape index (κ2) is 8.06. The largest absolute Gasteiger partial charge is 0.445 e. The van der Waals surface area contributed by atoms with Crippen LogP contribution in [0.3, 0.4) is 0 Å². The average molecular weight is 339 g/mol. The Morgan fingerprint density at radius 3 is 2.21 bits per heavy atom. The number of hydrogen-bond donors (Lipinski definition) is 2. The molecule has 0 bridgehead atoms. The van der Waals surface area contributed by atoms with Crippen molar-refractivity contribution in [3.63, 3.8) is 0 Å². The van der Waals surface area contributed by atoms with Crippen LogP contribution in [0.5, 0.6) is 0 Å². The van der Waals surface area contributed by atoms with Crippen molar-refractivity contribution in [3.05, 3.63) is 60.2 Å². The molecular formula is C20H21NO2S. The van der Waals surface area contributed by atoms with Crippen LogP contribution in [0.15, 0.2) is 54.6 Å². The third-order valence-electron chi connectivity index (χ3n) is 4.08. The SMILES string of the molecule is O=C(NCCCCS)OCc1c2ccccc2cc2ccccc12. The molecule has 1 N–H and O–H groups in total. The van der Waals surface area contributed by atoms with Gasteiger partial charge in [-0.3, -0.25) is 0 Å². The molecule has 0 radical (unpaired) electrons. The maximum atomic E-state index is 11.9. The van der Waals surface area contributed by atoms with E-state index in [0.717, 1.165) is 45.7 Å². The molecule has 3 rings (SSSR count). The molecule has 0 aliphatic rings. The van der Waals surface area contributed by atoms with Gasteiger partial charge in [0.2, 0.25) is 0 Å². The first-order valence-electron chi connectivity index (χ1n) is 8.20. The molecule has 0 atom stereocenters. The molecule has 0 aliphatic heterocycles. The minimum Gasteiger partial charge on any atom is -0.445 e. The highest BCUT2D eigenvalue weighted by molar-refractivity contribution is 7.80. The van der Waals surface area contributed by atoms with Crippen LogP contribution in [0.1, 0.15) is 18.4 Å². The van der Waals surface area contributed by atoms with Crippen molar-refractivity contribution in [2.24, 2.45) is 0 Å². The summed E-state index contributed by atoms with van der Waals surface area (Å²) in [6.07, 6.45) is 1.53. The van der Waals surface area contributed by atoms with E-state index in [1.54, 1.807) is 0 Å². The highest BCUT2D eigenvalue weighted by Gasteiger charge is 2.09. The number of carbonyl (C=O) groups is 1. The van der Waals surface area contributed by atoms with Crippen LogP contribution in [-0.4, -0.2) is 18.4 Å². The number of amides is 1. The zero-order valence-corrected chi connectivity index (χ0v) is 14.4. The maximum absolute atomic E-state index is 11.9. The molecule has 0 aliphatic carbocycles. The lowest BCUT2D eigenvalue weighted by atomic mass is 9.97. The highest BCUT2D eigenvalue weighted by Crippen LogP contribution is 2.28. The Hall–Kier alpha value is -2.20. The van der Waals surface area contributed by atoms with Gasteiger partial charge in [0.05, 0.1) is 0 Å². The first kappa shape index (κ1) is 16.7. The van der Waals surface area contributed by atoms with Crippen LogP contribution < -0.4 is 5.32 Å². The predicted molar refractivity (Wildman–Crippen MR) is 103 cm³/mol. The summed E-state index contributed by atoms with van der Waals surface area (Å²) in [4.78, 5) is 11.9. The minimum atomic E-state index is -0.369. The van der Waals surface area contributed by atoms with E-state index in [1.807, 2.05) is 24.3 Å². The molecule has 0 aromatic heterocycles. The van der Waals surface area contributed by atoms with Crippen LogP contribution in [-0.2, 0) is 11.3 Å². The Bertz CT molecular complexity index is 793. The summed E-state index contributed by atoms with van der Waals surface area (Å²) in [5.41, 5.74) is 1.05. The van der Waals surface area contributed by atoms with Gasteiger partial charge in [-0.2, -0.15) is 12.6 Å². The van der Waals surface area contributed by atoms with Gasteiger partial charge in [-0.25, -0.2) is 4.79 Å². The number of rotatable bonds is 6. The highest BCUT2D eigenvalue weighted by atomic mass is 32.1. The third kappa shape index (κ3) is 3.82.